The molecular formula is C20H22. The number of rotatable bonds is 0. The van der Waals surface area contributed by atoms with Crippen LogP contribution in [0.2, 0.25) is 0 Å². The van der Waals surface area contributed by atoms with E-state index in [1.807, 2.05) is 0 Å². The largest absolute Gasteiger partial charge is 0.115 e. The molecule has 0 aliphatic heterocycles. The summed E-state index contributed by atoms with van der Waals surface area (Å²) in [6, 6.07) is 9.12. The Hall–Kier alpha value is -1.48. The van der Waals surface area contributed by atoms with Crippen LogP contribution in [0.4, 0.5) is 0 Å². The number of terminal acetylenes is 1. The van der Waals surface area contributed by atoms with Gasteiger partial charge in [-0.15, -0.1) is 6.42 Å². The van der Waals surface area contributed by atoms with Gasteiger partial charge in [-0.05, 0) is 61.0 Å². The molecule has 4 rings (SSSR count). The molecule has 1 aromatic carbocycles. The molecule has 0 heteroatoms. The molecule has 102 valence electrons. The van der Waals surface area contributed by atoms with Crippen molar-refractivity contribution < 1.29 is 0 Å². The Bertz CT molecular complexity index is 615. The third kappa shape index (κ3) is 1.50. The Balaban J connectivity index is 1.72. The van der Waals surface area contributed by atoms with Gasteiger partial charge >= 0.3 is 0 Å². The SMILES string of the molecule is C#CC1=CCC2C3CCc4ccccc4C3CCC12C. The quantitative estimate of drug-likeness (QED) is 0.594. The van der Waals surface area contributed by atoms with E-state index in [-0.39, 0.29) is 0 Å². The number of allylic oxidation sites excluding steroid dienone is 2. The van der Waals surface area contributed by atoms with E-state index < -0.39 is 0 Å². The zero-order valence-corrected chi connectivity index (χ0v) is 12.2. The molecule has 1 saturated carbocycles. The van der Waals surface area contributed by atoms with Crippen molar-refractivity contribution in [3.63, 3.8) is 0 Å². The van der Waals surface area contributed by atoms with Crippen molar-refractivity contribution in [1.29, 1.82) is 0 Å². The van der Waals surface area contributed by atoms with Crippen LogP contribution in [-0.4, -0.2) is 0 Å². The second-order valence-corrected chi connectivity index (χ2v) is 7.07. The maximum atomic E-state index is 5.75. The van der Waals surface area contributed by atoms with Gasteiger partial charge < -0.3 is 0 Å². The number of hydrogen-bond donors (Lipinski definition) is 0. The first kappa shape index (κ1) is 12.3. The highest BCUT2D eigenvalue weighted by molar-refractivity contribution is 5.41. The van der Waals surface area contributed by atoms with Crippen LogP contribution in [0.5, 0.6) is 0 Å². The van der Waals surface area contributed by atoms with Gasteiger partial charge in [-0.3, -0.25) is 0 Å². The molecule has 3 aliphatic carbocycles. The van der Waals surface area contributed by atoms with Crippen LogP contribution in [0.15, 0.2) is 35.9 Å². The Labute approximate surface area is 122 Å². The molecule has 4 unspecified atom stereocenters. The first-order chi connectivity index (χ1) is 9.74. The van der Waals surface area contributed by atoms with Gasteiger partial charge in [0.05, 0.1) is 0 Å². The van der Waals surface area contributed by atoms with E-state index in [1.54, 1.807) is 11.1 Å². The molecular weight excluding hydrogens is 240 g/mol. The average molecular weight is 262 g/mol. The van der Waals surface area contributed by atoms with E-state index in [2.05, 4.69) is 43.2 Å². The van der Waals surface area contributed by atoms with Crippen LogP contribution in [-0.2, 0) is 6.42 Å². The van der Waals surface area contributed by atoms with Crippen LogP contribution in [0.1, 0.15) is 49.7 Å². The minimum atomic E-state index is 0.294. The van der Waals surface area contributed by atoms with Crippen LogP contribution in [0.3, 0.4) is 0 Å². The van der Waals surface area contributed by atoms with E-state index in [4.69, 9.17) is 6.42 Å². The average Bonchev–Trinajstić information content (AvgIpc) is 2.83. The van der Waals surface area contributed by atoms with Crippen molar-refractivity contribution in [2.75, 3.05) is 0 Å². The lowest BCUT2D eigenvalue weighted by molar-refractivity contribution is 0.0782. The van der Waals surface area contributed by atoms with Gasteiger partial charge in [0, 0.05) is 11.0 Å². The molecule has 0 nitrogen and oxygen atoms in total. The maximum absolute atomic E-state index is 5.75. The minimum absolute atomic E-state index is 0.294. The second kappa shape index (κ2) is 4.26. The number of hydrogen-bond acceptors (Lipinski definition) is 0. The molecule has 0 N–H and O–H groups in total. The number of fused-ring (bicyclic) bond motifs is 5. The highest BCUT2D eigenvalue weighted by Crippen LogP contribution is 2.60. The van der Waals surface area contributed by atoms with Crippen LogP contribution in [0, 0.1) is 29.6 Å². The first-order valence-corrected chi connectivity index (χ1v) is 7.99. The molecule has 0 amide bonds. The third-order valence-corrected chi connectivity index (χ3v) is 6.37. The summed E-state index contributed by atoms with van der Waals surface area (Å²) in [5, 5.41) is 0. The highest BCUT2D eigenvalue weighted by Gasteiger charge is 2.51. The molecule has 0 heterocycles. The molecule has 0 aromatic heterocycles. The normalized spacial score (nSPS) is 38.2. The summed E-state index contributed by atoms with van der Waals surface area (Å²) in [6.45, 7) is 2.42. The predicted molar refractivity (Wildman–Crippen MR) is 83.4 cm³/mol. The van der Waals surface area contributed by atoms with Gasteiger partial charge in [0.2, 0.25) is 0 Å². The summed E-state index contributed by atoms with van der Waals surface area (Å²) >= 11 is 0. The van der Waals surface area contributed by atoms with Gasteiger partial charge in [-0.25, -0.2) is 0 Å². The number of benzene rings is 1. The molecule has 4 atom stereocenters. The summed E-state index contributed by atoms with van der Waals surface area (Å²) < 4.78 is 0. The van der Waals surface area contributed by atoms with Crippen molar-refractivity contribution in [2.24, 2.45) is 17.3 Å². The molecule has 0 spiro atoms. The number of aryl methyl sites for hydroxylation is 1. The summed E-state index contributed by atoms with van der Waals surface area (Å²) in [5.41, 5.74) is 4.82. The Morgan fingerprint density at radius 3 is 2.95 bits per heavy atom. The Morgan fingerprint density at radius 2 is 2.10 bits per heavy atom. The topological polar surface area (TPSA) is 0 Å². The minimum Gasteiger partial charge on any atom is -0.115 e. The summed E-state index contributed by atoms with van der Waals surface area (Å²) in [5.74, 6) is 5.38. The van der Waals surface area contributed by atoms with Gasteiger partial charge in [0.25, 0.3) is 0 Å². The van der Waals surface area contributed by atoms with Crippen molar-refractivity contribution in [2.45, 2.75) is 44.9 Å². The molecule has 0 saturated heterocycles. The lowest BCUT2D eigenvalue weighted by atomic mass is 9.54. The molecule has 1 fully saturated rings. The highest BCUT2D eigenvalue weighted by atomic mass is 14.5. The van der Waals surface area contributed by atoms with Crippen molar-refractivity contribution >= 4 is 0 Å². The summed E-state index contributed by atoms with van der Waals surface area (Å²) in [4.78, 5) is 0. The van der Waals surface area contributed by atoms with Crippen LogP contribution in [0.25, 0.3) is 0 Å². The Morgan fingerprint density at radius 1 is 1.25 bits per heavy atom. The van der Waals surface area contributed by atoms with Crippen molar-refractivity contribution in [3.8, 4) is 12.3 Å². The first-order valence-electron chi connectivity index (χ1n) is 7.99. The fraction of sp³-hybridized carbons (Fsp3) is 0.500. The van der Waals surface area contributed by atoms with Crippen molar-refractivity contribution in [1.82, 2.24) is 0 Å². The molecule has 20 heavy (non-hydrogen) atoms. The standard InChI is InChI=1S/C20H22/c1-3-15-9-11-19-18-10-8-14-6-4-5-7-16(14)17(18)12-13-20(15,19)2/h1,4-7,9,17-19H,8,10-13H2,2H3. The maximum Gasteiger partial charge on any atom is 0.00400 e. The van der Waals surface area contributed by atoms with E-state index in [1.165, 1.54) is 37.7 Å². The zero-order valence-electron chi connectivity index (χ0n) is 12.2. The Kier molecular flexibility index (Phi) is 2.61. The molecule has 1 aromatic rings. The fourth-order valence-corrected chi connectivity index (χ4v) is 5.31. The monoisotopic (exact) mass is 262 g/mol. The van der Waals surface area contributed by atoms with Gasteiger partial charge in [-0.1, -0.05) is 43.2 Å². The fourth-order valence-electron chi connectivity index (χ4n) is 5.31. The van der Waals surface area contributed by atoms with E-state index in [0.29, 0.717) is 5.41 Å². The molecule has 0 radical (unpaired) electrons. The zero-order chi connectivity index (χ0) is 13.7. The summed E-state index contributed by atoms with van der Waals surface area (Å²) in [7, 11) is 0. The van der Waals surface area contributed by atoms with Gasteiger partial charge in [0.1, 0.15) is 0 Å². The van der Waals surface area contributed by atoms with E-state index >= 15 is 0 Å². The van der Waals surface area contributed by atoms with Crippen LogP contribution >= 0.6 is 0 Å². The smallest absolute Gasteiger partial charge is 0.00400 e. The summed E-state index contributed by atoms with van der Waals surface area (Å²) in [6.07, 6.45) is 14.5. The van der Waals surface area contributed by atoms with Crippen LogP contribution < -0.4 is 0 Å². The van der Waals surface area contributed by atoms with Crippen molar-refractivity contribution in [3.05, 3.63) is 47.0 Å². The lowest BCUT2D eigenvalue weighted by Crippen LogP contribution is -2.41. The van der Waals surface area contributed by atoms with Gasteiger partial charge in [0.15, 0.2) is 0 Å². The second-order valence-electron chi connectivity index (χ2n) is 7.07. The third-order valence-electron chi connectivity index (χ3n) is 6.37. The predicted octanol–water partition coefficient (Wildman–Crippen LogP) is 4.71. The lowest BCUT2D eigenvalue weighted by Gasteiger charge is -2.49. The molecule has 3 aliphatic rings. The molecule has 0 bridgehead atoms. The van der Waals surface area contributed by atoms with E-state index in [9.17, 15) is 0 Å². The van der Waals surface area contributed by atoms with Gasteiger partial charge in [-0.2, -0.15) is 0 Å². The van der Waals surface area contributed by atoms with E-state index in [0.717, 1.165) is 17.8 Å².